The molecule has 0 aromatic rings. The van der Waals surface area contributed by atoms with Gasteiger partial charge in [-0.3, -0.25) is 4.79 Å². The van der Waals surface area contributed by atoms with Crippen LogP contribution in [0.3, 0.4) is 0 Å². The summed E-state index contributed by atoms with van der Waals surface area (Å²) in [5.41, 5.74) is 1.67. The Labute approximate surface area is 79.6 Å². The minimum Gasteiger partial charge on any atom is -0.389 e. The zero-order valence-electron chi connectivity index (χ0n) is 8.85. The molecule has 1 unspecified atom stereocenters. The molecule has 0 fully saturated rings. The summed E-state index contributed by atoms with van der Waals surface area (Å²) >= 11 is 0. The maximum atomic E-state index is 11.4. The maximum absolute atomic E-state index is 11.4. The molecule has 0 aliphatic heterocycles. The molecule has 0 bridgehead atoms. The van der Waals surface area contributed by atoms with Crippen LogP contribution in [0.25, 0.3) is 0 Å². The summed E-state index contributed by atoms with van der Waals surface area (Å²) in [6.07, 6.45) is 0.970. The third-order valence-electron chi connectivity index (χ3n) is 2.95. The van der Waals surface area contributed by atoms with Crippen LogP contribution in [0.15, 0.2) is 11.1 Å². The molecule has 2 nitrogen and oxygen atoms in total. The summed E-state index contributed by atoms with van der Waals surface area (Å²) in [5, 5.41) is 9.59. The van der Waals surface area contributed by atoms with Gasteiger partial charge in [0.2, 0.25) is 0 Å². The number of hydrogen-bond donors (Lipinski definition) is 1. The first kappa shape index (κ1) is 10.5. The summed E-state index contributed by atoms with van der Waals surface area (Å²) in [6, 6.07) is 0. The molecule has 74 valence electrons. The molecule has 0 aromatic heterocycles. The number of aliphatic hydroxyl groups is 1. The number of aliphatic hydroxyl groups excluding tert-OH is 1. The summed E-state index contributed by atoms with van der Waals surface area (Å²) in [5.74, 6) is 0.190. The van der Waals surface area contributed by atoms with E-state index in [-0.39, 0.29) is 11.2 Å². The van der Waals surface area contributed by atoms with Gasteiger partial charge >= 0.3 is 0 Å². The van der Waals surface area contributed by atoms with Gasteiger partial charge in [0.25, 0.3) is 0 Å². The van der Waals surface area contributed by atoms with Crippen molar-refractivity contribution in [3.63, 3.8) is 0 Å². The lowest BCUT2D eigenvalue weighted by molar-refractivity contribution is -0.116. The third-order valence-corrected chi connectivity index (χ3v) is 2.95. The standard InChI is InChI=1S/C11H18O2/c1-7-9(13)5-6-11(3,4)10(7)8(2)12/h8,12H,5-6H2,1-4H3. The molecule has 2 heteroatoms. The summed E-state index contributed by atoms with van der Waals surface area (Å²) in [6.45, 7) is 7.74. The van der Waals surface area contributed by atoms with Crippen molar-refractivity contribution in [2.24, 2.45) is 5.41 Å². The minimum atomic E-state index is -0.501. The lowest BCUT2D eigenvalue weighted by Gasteiger charge is -2.35. The highest BCUT2D eigenvalue weighted by molar-refractivity contribution is 5.96. The molecular weight excluding hydrogens is 164 g/mol. The number of carbonyl (C=O) groups excluding carboxylic acids is 1. The van der Waals surface area contributed by atoms with E-state index in [1.54, 1.807) is 6.92 Å². The van der Waals surface area contributed by atoms with Gasteiger partial charge in [-0.1, -0.05) is 13.8 Å². The summed E-state index contributed by atoms with van der Waals surface area (Å²) in [4.78, 5) is 11.4. The van der Waals surface area contributed by atoms with Crippen molar-refractivity contribution < 1.29 is 9.90 Å². The highest BCUT2D eigenvalue weighted by atomic mass is 16.3. The minimum absolute atomic E-state index is 0.0217. The fourth-order valence-electron chi connectivity index (χ4n) is 2.28. The zero-order chi connectivity index (χ0) is 10.2. The predicted molar refractivity (Wildman–Crippen MR) is 52.4 cm³/mol. The second kappa shape index (κ2) is 3.26. The summed E-state index contributed by atoms with van der Waals surface area (Å²) < 4.78 is 0. The van der Waals surface area contributed by atoms with E-state index in [9.17, 15) is 9.90 Å². The first-order chi connectivity index (χ1) is 5.86. The Morgan fingerprint density at radius 1 is 1.46 bits per heavy atom. The molecule has 0 saturated carbocycles. The smallest absolute Gasteiger partial charge is 0.158 e. The van der Waals surface area contributed by atoms with Gasteiger partial charge in [0.15, 0.2) is 5.78 Å². The Morgan fingerprint density at radius 2 is 2.00 bits per heavy atom. The lowest BCUT2D eigenvalue weighted by atomic mass is 9.70. The molecule has 1 rings (SSSR count). The van der Waals surface area contributed by atoms with E-state index in [1.807, 2.05) is 6.92 Å². The van der Waals surface area contributed by atoms with Crippen LogP contribution in [0.2, 0.25) is 0 Å². The number of hydrogen-bond acceptors (Lipinski definition) is 2. The molecule has 0 saturated heterocycles. The van der Waals surface area contributed by atoms with Gasteiger partial charge in [-0.2, -0.15) is 0 Å². The fraction of sp³-hybridized carbons (Fsp3) is 0.727. The van der Waals surface area contributed by atoms with Crippen LogP contribution in [-0.2, 0) is 4.79 Å². The Kier molecular flexibility index (Phi) is 2.62. The quantitative estimate of drug-likeness (QED) is 0.674. The van der Waals surface area contributed by atoms with E-state index in [0.717, 1.165) is 17.6 Å². The molecule has 1 atom stereocenters. The van der Waals surface area contributed by atoms with E-state index < -0.39 is 6.10 Å². The SMILES string of the molecule is CC1=C(C(C)O)C(C)(C)CCC1=O. The molecule has 1 aliphatic rings. The second-order valence-electron chi connectivity index (χ2n) is 4.52. The monoisotopic (exact) mass is 182 g/mol. The van der Waals surface area contributed by atoms with Crippen LogP contribution in [0, 0.1) is 5.41 Å². The lowest BCUT2D eigenvalue weighted by Crippen LogP contribution is -2.30. The molecule has 0 amide bonds. The predicted octanol–water partition coefficient (Wildman–Crippen LogP) is 2.07. The first-order valence-corrected chi connectivity index (χ1v) is 4.79. The van der Waals surface area contributed by atoms with E-state index >= 15 is 0 Å². The molecule has 0 radical (unpaired) electrons. The van der Waals surface area contributed by atoms with Gasteiger partial charge < -0.3 is 5.11 Å². The van der Waals surface area contributed by atoms with Crippen LogP contribution in [0.1, 0.15) is 40.5 Å². The highest BCUT2D eigenvalue weighted by Gasteiger charge is 2.34. The Balaban J connectivity index is 3.17. The fourth-order valence-corrected chi connectivity index (χ4v) is 2.28. The molecular formula is C11H18O2. The largest absolute Gasteiger partial charge is 0.389 e. The molecule has 0 spiro atoms. The third kappa shape index (κ3) is 1.83. The van der Waals surface area contributed by atoms with Gasteiger partial charge in [0.1, 0.15) is 0 Å². The van der Waals surface area contributed by atoms with Crippen molar-refractivity contribution in [2.45, 2.75) is 46.6 Å². The topological polar surface area (TPSA) is 37.3 Å². The van der Waals surface area contributed by atoms with Crippen LogP contribution in [0.4, 0.5) is 0 Å². The Bertz CT molecular complexity index is 259. The van der Waals surface area contributed by atoms with Gasteiger partial charge in [0.05, 0.1) is 6.10 Å². The maximum Gasteiger partial charge on any atom is 0.158 e. The molecule has 0 heterocycles. The normalized spacial score (nSPS) is 24.8. The molecule has 1 aliphatic carbocycles. The Morgan fingerprint density at radius 3 is 2.38 bits per heavy atom. The van der Waals surface area contributed by atoms with E-state index in [2.05, 4.69) is 13.8 Å². The molecule has 13 heavy (non-hydrogen) atoms. The Hall–Kier alpha value is -0.630. The van der Waals surface area contributed by atoms with Gasteiger partial charge in [-0.05, 0) is 36.8 Å². The van der Waals surface area contributed by atoms with Gasteiger partial charge in [-0.15, -0.1) is 0 Å². The van der Waals surface area contributed by atoms with Crippen molar-refractivity contribution in [3.05, 3.63) is 11.1 Å². The van der Waals surface area contributed by atoms with Crippen LogP contribution in [-0.4, -0.2) is 17.0 Å². The number of carbonyl (C=O) groups is 1. The average molecular weight is 182 g/mol. The first-order valence-electron chi connectivity index (χ1n) is 4.79. The van der Waals surface area contributed by atoms with Crippen molar-refractivity contribution in [1.82, 2.24) is 0 Å². The van der Waals surface area contributed by atoms with Crippen molar-refractivity contribution >= 4 is 5.78 Å². The van der Waals surface area contributed by atoms with Crippen molar-refractivity contribution in [1.29, 1.82) is 0 Å². The van der Waals surface area contributed by atoms with Crippen molar-refractivity contribution in [2.75, 3.05) is 0 Å². The highest BCUT2D eigenvalue weighted by Crippen LogP contribution is 2.40. The van der Waals surface area contributed by atoms with Crippen LogP contribution < -0.4 is 0 Å². The molecule has 0 aromatic carbocycles. The van der Waals surface area contributed by atoms with E-state index in [0.29, 0.717) is 6.42 Å². The van der Waals surface area contributed by atoms with Crippen LogP contribution in [0.5, 0.6) is 0 Å². The van der Waals surface area contributed by atoms with Gasteiger partial charge in [0, 0.05) is 6.42 Å². The van der Waals surface area contributed by atoms with Gasteiger partial charge in [-0.25, -0.2) is 0 Å². The average Bonchev–Trinajstić information content (AvgIpc) is 1.96. The van der Waals surface area contributed by atoms with Crippen molar-refractivity contribution in [3.8, 4) is 0 Å². The van der Waals surface area contributed by atoms with Crippen LogP contribution >= 0.6 is 0 Å². The zero-order valence-corrected chi connectivity index (χ0v) is 8.85. The molecule has 1 N–H and O–H groups in total. The second-order valence-corrected chi connectivity index (χ2v) is 4.52. The summed E-state index contributed by atoms with van der Waals surface area (Å²) in [7, 11) is 0. The van der Waals surface area contributed by atoms with E-state index in [4.69, 9.17) is 0 Å². The van der Waals surface area contributed by atoms with E-state index in [1.165, 1.54) is 0 Å². The number of allylic oxidation sites excluding steroid dienone is 1. The number of Topliss-reactive ketones (excluding diaryl/α,β-unsaturated/α-hetero) is 1. The number of rotatable bonds is 1. The number of ketones is 1.